The molecule has 2 aliphatic rings. The maximum Gasteiger partial charge on any atom is 0.258 e. The highest BCUT2D eigenvalue weighted by Gasteiger charge is 2.30. The molecule has 1 saturated carbocycles. The monoisotopic (exact) mass is 414 g/mol. The summed E-state index contributed by atoms with van der Waals surface area (Å²) in [5, 5.41) is 0. The first-order valence-electron chi connectivity index (χ1n) is 10.1. The van der Waals surface area contributed by atoms with Gasteiger partial charge in [0.25, 0.3) is 5.91 Å². The minimum Gasteiger partial charge on any atom is -0.490 e. The van der Waals surface area contributed by atoms with Crippen LogP contribution in [0.25, 0.3) is 0 Å². The van der Waals surface area contributed by atoms with E-state index in [-0.39, 0.29) is 16.8 Å². The molecular formula is C22H26N2O4S. The standard InChI is InChI=1S/C22H26N2O4S/c1-23(18-7-3-2-4-8-18)29(26,27)19-13-11-17(12-14-19)22(25)24-15-16-28-21-10-6-5-9-20(21)24/h5-6,9-14,18H,2-4,7-8,15-16H2,1H3. The summed E-state index contributed by atoms with van der Waals surface area (Å²) in [6.45, 7) is 0.891. The second-order valence-corrected chi connectivity index (χ2v) is 9.61. The van der Waals surface area contributed by atoms with Gasteiger partial charge in [-0.25, -0.2) is 8.42 Å². The second kappa shape index (κ2) is 8.16. The molecular weight excluding hydrogens is 388 g/mol. The van der Waals surface area contributed by atoms with Crippen LogP contribution < -0.4 is 9.64 Å². The smallest absolute Gasteiger partial charge is 0.258 e. The zero-order valence-electron chi connectivity index (χ0n) is 16.6. The maximum absolute atomic E-state index is 13.0. The summed E-state index contributed by atoms with van der Waals surface area (Å²) in [6, 6.07) is 13.8. The van der Waals surface area contributed by atoms with E-state index in [1.807, 2.05) is 24.3 Å². The fourth-order valence-corrected chi connectivity index (χ4v) is 5.53. The van der Waals surface area contributed by atoms with Crippen LogP contribution in [0.15, 0.2) is 53.4 Å². The number of rotatable bonds is 4. The number of nitrogens with zero attached hydrogens (tertiary/aromatic N) is 2. The Kier molecular flexibility index (Phi) is 5.61. The van der Waals surface area contributed by atoms with Crippen molar-refractivity contribution in [2.24, 2.45) is 0 Å². The predicted octanol–water partition coefficient (Wildman–Crippen LogP) is 3.68. The molecule has 1 fully saturated rings. The highest BCUT2D eigenvalue weighted by molar-refractivity contribution is 7.89. The number of para-hydroxylation sites is 2. The number of fused-ring (bicyclic) bond motifs is 1. The molecule has 1 amide bonds. The SMILES string of the molecule is CN(C1CCCCC1)S(=O)(=O)c1ccc(C(=O)N2CCOc3ccccc32)cc1. The second-order valence-electron chi connectivity index (χ2n) is 7.61. The summed E-state index contributed by atoms with van der Waals surface area (Å²) in [5.74, 6) is 0.519. The van der Waals surface area contributed by atoms with Crippen molar-refractivity contribution in [2.75, 3.05) is 25.1 Å². The Bertz CT molecular complexity index is 982. The molecule has 1 aliphatic carbocycles. The van der Waals surface area contributed by atoms with Gasteiger partial charge in [-0.15, -0.1) is 0 Å². The third kappa shape index (κ3) is 3.89. The summed E-state index contributed by atoms with van der Waals surface area (Å²) in [7, 11) is -1.90. The highest BCUT2D eigenvalue weighted by Crippen LogP contribution is 2.32. The molecule has 0 N–H and O–H groups in total. The lowest BCUT2D eigenvalue weighted by molar-refractivity contribution is 0.0976. The number of hydrogen-bond acceptors (Lipinski definition) is 4. The number of carbonyl (C=O) groups is 1. The topological polar surface area (TPSA) is 66.9 Å². The van der Waals surface area contributed by atoms with Crippen molar-refractivity contribution in [2.45, 2.75) is 43.0 Å². The molecule has 0 unspecified atom stereocenters. The molecule has 0 bridgehead atoms. The van der Waals surface area contributed by atoms with Gasteiger partial charge in [0, 0.05) is 18.7 Å². The summed E-state index contributed by atoms with van der Waals surface area (Å²) in [6.07, 6.45) is 5.12. The maximum atomic E-state index is 13.0. The minimum atomic E-state index is -3.57. The van der Waals surface area contributed by atoms with Crippen LogP contribution in [0.4, 0.5) is 5.69 Å². The van der Waals surface area contributed by atoms with Gasteiger partial charge < -0.3 is 9.64 Å². The molecule has 0 radical (unpaired) electrons. The molecule has 0 saturated heterocycles. The molecule has 0 atom stereocenters. The van der Waals surface area contributed by atoms with Gasteiger partial charge in [-0.2, -0.15) is 4.31 Å². The lowest BCUT2D eigenvalue weighted by Gasteiger charge is -2.30. The van der Waals surface area contributed by atoms with Crippen LogP contribution in [0.5, 0.6) is 5.75 Å². The normalized spacial score (nSPS) is 17.7. The van der Waals surface area contributed by atoms with Crippen molar-refractivity contribution in [1.29, 1.82) is 0 Å². The number of hydrogen-bond donors (Lipinski definition) is 0. The fourth-order valence-electron chi connectivity index (χ4n) is 4.11. The van der Waals surface area contributed by atoms with E-state index < -0.39 is 10.0 Å². The van der Waals surface area contributed by atoms with E-state index in [9.17, 15) is 13.2 Å². The third-order valence-corrected chi connectivity index (χ3v) is 7.77. The summed E-state index contributed by atoms with van der Waals surface area (Å²) in [5.41, 5.74) is 1.19. The van der Waals surface area contributed by atoms with E-state index in [1.165, 1.54) is 22.9 Å². The first-order valence-corrected chi connectivity index (χ1v) is 11.5. The van der Waals surface area contributed by atoms with Crippen molar-refractivity contribution in [3.63, 3.8) is 0 Å². The molecule has 29 heavy (non-hydrogen) atoms. The van der Waals surface area contributed by atoms with Crippen LogP contribution in [-0.4, -0.2) is 44.9 Å². The molecule has 0 aromatic heterocycles. The Morgan fingerprint density at radius 1 is 1.03 bits per heavy atom. The largest absolute Gasteiger partial charge is 0.490 e. The summed E-state index contributed by atoms with van der Waals surface area (Å²) < 4.78 is 33.1. The van der Waals surface area contributed by atoms with Crippen molar-refractivity contribution >= 4 is 21.6 Å². The van der Waals surface area contributed by atoms with Gasteiger partial charge in [-0.05, 0) is 49.2 Å². The van der Waals surface area contributed by atoms with Crippen molar-refractivity contribution in [1.82, 2.24) is 4.31 Å². The molecule has 2 aromatic carbocycles. The molecule has 0 spiro atoms. The van der Waals surface area contributed by atoms with E-state index in [0.29, 0.717) is 24.5 Å². The van der Waals surface area contributed by atoms with Gasteiger partial charge in [0.2, 0.25) is 10.0 Å². The third-order valence-electron chi connectivity index (χ3n) is 5.84. The fraction of sp³-hybridized carbons (Fsp3) is 0.409. The Morgan fingerprint density at radius 2 is 1.72 bits per heavy atom. The molecule has 2 aromatic rings. The van der Waals surface area contributed by atoms with Crippen molar-refractivity contribution < 1.29 is 17.9 Å². The lowest BCUT2D eigenvalue weighted by Crippen LogP contribution is -2.38. The Labute approximate surface area is 172 Å². The zero-order valence-corrected chi connectivity index (χ0v) is 17.4. The average Bonchev–Trinajstić information content (AvgIpc) is 2.78. The minimum absolute atomic E-state index is 0.0555. The van der Waals surface area contributed by atoms with Crippen LogP contribution >= 0.6 is 0 Å². The van der Waals surface area contributed by atoms with E-state index in [0.717, 1.165) is 31.4 Å². The lowest BCUT2D eigenvalue weighted by atomic mass is 9.96. The Hall–Kier alpha value is -2.38. The molecule has 1 aliphatic heterocycles. The molecule has 154 valence electrons. The van der Waals surface area contributed by atoms with E-state index in [1.54, 1.807) is 24.1 Å². The first kappa shape index (κ1) is 19.9. The zero-order chi connectivity index (χ0) is 20.4. The quantitative estimate of drug-likeness (QED) is 0.765. The van der Waals surface area contributed by atoms with Crippen LogP contribution in [0, 0.1) is 0 Å². The van der Waals surface area contributed by atoms with Gasteiger partial charge in [0.15, 0.2) is 0 Å². The highest BCUT2D eigenvalue weighted by atomic mass is 32.2. The Balaban J connectivity index is 1.54. The number of anilines is 1. The van der Waals surface area contributed by atoms with E-state index >= 15 is 0 Å². The molecule has 1 heterocycles. The summed E-state index contributed by atoms with van der Waals surface area (Å²) >= 11 is 0. The number of benzene rings is 2. The van der Waals surface area contributed by atoms with Gasteiger partial charge in [0.1, 0.15) is 12.4 Å². The van der Waals surface area contributed by atoms with Gasteiger partial charge >= 0.3 is 0 Å². The van der Waals surface area contributed by atoms with Crippen LogP contribution in [0.2, 0.25) is 0 Å². The number of sulfonamides is 1. The number of carbonyl (C=O) groups excluding carboxylic acids is 1. The van der Waals surface area contributed by atoms with Crippen LogP contribution in [-0.2, 0) is 10.0 Å². The van der Waals surface area contributed by atoms with Gasteiger partial charge in [0.05, 0.1) is 17.1 Å². The number of amides is 1. The molecule has 6 nitrogen and oxygen atoms in total. The van der Waals surface area contributed by atoms with E-state index in [2.05, 4.69) is 0 Å². The van der Waals surface area contributed by atoms with Crippen LogP contribution in [0.1, 0.15) is 42.5 Å². The molecule has 7 heteroatoms. The number of ether oxygens (including phenoxy) is 1. The molecule has 4 rings (SSSR count). The summed E-state index contributed by atoms with van der Waals surface area (Å²) in [4.78, 5) is 14.9. The van der Waals surface area contributed by atoms with E-state index in [4.69, 9.17) is 4.74 Å². The van der Waals surface area contributed by atoms with Gasteiger partial charge in [-0.3, -0.25) is 4.79 Å². The first-order chi connectivity index (χ1) is 14.0. The average molecular weight is 415 g/mol. The van der Waals surface area contributed by atoms with Gasteiger partial charge in [-0.1, -0.05) is 31.4 Å². The predicted molar refractivity (Wildman–Crippen MR) is 112 cm³/mol. The van der Waals surface area contributed by atoms with Crippen LogP contribution in [0.3, 0.4) is 0 Å². The van der Waals surface area contributed by atoms with Crippen molar-refractivity contribution in [3.8, 4) is 5.75 Å². The Morgan fingerprint density at radius 3 is 2.45 bits per heavy atom. The van der Waals surface area contributed by atoms with Crippen molar-refractivity contribution in [3.05, 3.63) is 54.1 Å².